The average Bonchev–Trinajstić information content (AvgIpc) is 2.95. The van der Waals surface area contributed by atoms with Gasteiger partial charge in [0.25, 0.3) is 5.69 Å². The molecule has 0 fully saturated rings. The molecular weight excluding hydrogens is 314 g/mol. The molecule has 114 valence electrons. The summed E-state index contributed by atoms with van der Waals surface area (Å²) >= 11 is 1.21. The number of azo groups is 1. The van der Waals surface area contributed by atoms with Gasteiger partial charge in [0, 0.05) is 17.7 Å². The fourth-order valence-corrected chi connectivity index (χ4v) is 2.63. The summed E-state index contributed by atoms with van der Waals surface area (Å²) in [6, 6.07) is 15.5. The number of aromatic nitrogens is 1. The number of benzene rings is 2. The number of non-ortho nitro benzene ring substituents is 1. The first-order valence-corrected chi connectivity index (χ1v) is 7.43. The highest BCUT2D eigenvalue weighted by atomic mass is 32.1. The van der Waals surface area contributed by atoms with Crippen LogP contribution in [0.2, 0.25) is 0 Å². The second-order valence-electron chi connectivity index (χ2n) is 4.55. The number of nitro benzene ring substituents is 1. The normalized spacial score (nSPS) is 11.0. The first-order chi connectivity index (χ1) is 11.1. The molecule has 7 nitrogen and oxygen atoms in total. The molecule has 0 unspecified atom stereocenters. The lowest BCUT2D eigenvalue weighted by atomic mass is 10.2. The number of hydrogen-bond donors (Lipinski definition) is 1. The predicted molar refractivity (Wildman–Crippen MR) is 89.2 cm³/mol. The summed E-state index contributed by atoms with van der Waals surface area (Å²) in [7, 11) is 0. The van der Waals surface area contributed by atoms with Crippen molar-refractivity contribution < 1.29 is 4.92 Å². The van der Waals surface area contributed by atoms with Crippen LogP contribution in [0, 0.1) is 10.1 Å². The van der Waals surface area contributed by atoms with Gasteiger partial charge in [-0.2, -0.15) is 0 Å². The van der Waals surface area contributed by atoms with Gasteiger partial charge in [0.15, 0.2) is 10.1 Å². The van der Waals surface area contributed by atoms with Gasteiger partial charge in [-0.25, -0.2) is 4.98 Å². The van der Waals surface area contributed by atoms with Crippen LogP contribution < -0.4 is 5.73 Å². The van der Waals surface area contributed by atoms with Crippen LogP contribution in [0.15, 0.2) is 64.8 Å². The highest BCUT2D eigenvalue weighted by Crippen LogP contribution is 2.37. The van der Waals surface area contributed by atoms with Crippen molar-refractivity contribution in [3.63, 3.8) is 0 Å². The van der Waals surface area contributed by atoms with E-state index < -0.39 is 4.92 Å². The molecule has 0 saturated carbocycles. The molecule has 3 rings (SSSR count). The fourth-order valence-electron chi connectivity index (χ4n) is 1.95. The standard InChI is InChI=1S/C15H11N5O2S/c16-15-17-13(10-5-2-1-3-6-10)14(23-15)19-18-11-7-4-8-12(9-11)20(21)22/h1-9H,(H2,16,17). The summed E-state index contributed by atoms with van der Waals surface area (Å²) in [5, 5.41) is 19.9. The maximum atomic E-state index is 10.8. The summed E-state index contributed by atoms with van der Waals surface area (Å²) < 4.78 is 0. The second kappa shape index (κ2) is 6.32. The van der Waals surface area contributed by atoms with Gasteiger partial charge in [-0.15, -0.1) is 10.2 Å². The second-order valence-corrected chi connectivity index (χ2v) is 5.56. The smallest absolute Gasteiger partial charge is 0.271 e. The van der Waals surface area contributed by atoms with Crippen LogP contribution in [0.1, 0.15) is 0 Å². The molecule has 2 aromatic carbocycles. The maximum absolute atomic E-state index is 10.8. The first kappa shape index (κ1) is 14.8. The fraction of sp³-hybridized carbons (Fsp3) is 0. The molecule has 8 heteroatoms. The Bertz CT molecular complexity index is 877. The van der Waals surface area contributed by atoms with Crippen molar-refractivity contribution in [3.8, 4) is 11.3 Å². The van der Waals surface area contributed by atoms with Crippen molar-refractivity contribution in [1.82, 2.24) is 4.98 Å². The minimum Gasteiger partial charge on any atom is -0.375 e. The Morgan fingerprint density at radius 2 is 1.87 bits per heavy atom. The predicted octanol–water partition coefficient (Wildman–Crippen LogP) is 4.72. The minimum atomic E-state index is -0.473. The van der Waals surface area contributed by atoms with Crippen LogP contribution in [0.3, 0.4) is 0 Å². The number of anilines is 1. The molecule has 2 N–H and O–H groups in total. The van der Waals surface area contributed by atoms with Crippen molar-refractivity contribution in [2.75, 3.05) is 5.73 Å². The molecule has 0 amide bonds. The number of rotatable bonds is 4. The van der Waals surface area contributed by atoms with E-state index in [4.69, 9.17) is 5.73 Å². The van der Waals surface area contributed by atoms with E-state index in [0.717, 1.165) is 5.56 Å². The zero-order valence-corrected chi connectivity index (χ0v) is 12.6. The van der Waals surface area contributed by atoms with E-state index in [1.54, 1.807) is 12.1 Å². The molecule has 0 spiro atoms. The first-order valence-electron chi connectivity index (χ1n) is 6.61. The van der Waals surface area contributed by atoms with E-state index in [1.807, 2.05) is 30.3 Å². The van der Waals surface area contributed by atoms with Crippen molar-refractivity contribution in [2.24, 2.45) is 10.2 Å². The van der Waals surface area contributed by atoms with Crippen LogP contribution in [-0.2, 0) is 0 Å². The van der Waals surface area contributed by atoms with Crippen molar-refractivity contribution in [1.29, 1.82) is 0 Å². The number of hydrogen-bond acceptors (Lipinski definition) is 7. The number of nitro groups is 1. The molecule has 0 saturated heterocycles. The van der Waals surface area contributed by atoms with Crippen LogP contribution in [0.25, 0.3) is 11.3 Å². The minimum absolute atomic E-state index is 0.0337. The van der Waals surface area contributed by atoms with Gasteiger partial charge in [0.05, 0.1) is 10.6 Å². The van der Waals surface area contributed by atoms with E-state index in [1.165, 1.54) is 23.5 Å². The molecule has 1 aromatic heterocycles. The summed E-state index contributed by atoms with van der Waals surface area (Å²) in [5.74, 6) is 0. The lowest BCUT2D eigenvalue weighted by molar-refractivity contribution is -0.384. The zero-order chi connectivity index (χ0) is 16.2. The highest BCUT2D eigenvalue weighted by Gasteiger charge is 2.11. The van der Waals surface area contributed by atoms with Gasteiger partial charge in [-0.3, -0.25) is 10.1 Å². The Labute approximate surface area is 135 Å². The molecule has 0 atom stereocenters. The summed E-state index contributed by atoms with van der Waals surface area (Å²) in [6.07, 6.45) is 0. The van der Waals surface area contributed by atoms with Crippen molar-refractivity contribution in [3.05, 3.63) is 64.7 Å². The van der Waals surface area contributed by atoms with Gasteiger partial charge in [0.1, 0.15) is 5.69 Å². The summed E-state index contributed by atoms with van der Waals surface area (Å²) in [5.41, 5.74) is 7.65. The molecule has 3 aromatic rings. The molecule has 0 bridgehead atoms. The third-order valence-corrected chi connectivity index (χ3v) is 3.74. The molecule has 0 aliphatic heterocycles. The van der Waals surface area contributed by atoms with Crippen LogP contribution >= 0.6 is 11.3 Å². The Hall–Kier alpha value is -3.13. The van der Waals surface area contributed by atoms with Gasteiger partial charge < -0.3 is 5.73 Å². The van der Waals surface area contributed by atoms with E-state index in [9.17, 15) is 10.1 Å². The molecular formula is C15H11N5O2S. The van der Waals surface area contributed by atoms with Gasteiger partial charge in [-0.05, 0) is 6.07 Å². The quantitative estimate of drug-likeness (QED) is 0.425. The summed E-state index contributed by atoms with van der Waals surface area (Å²) in [6.45, 7) is 0. The Balaban J connectivity index is 1.94. The largest absolute Gasteiger partial charge is 0.375 e. The molecule has 23 heavy (non-hydrogen) atoms. The SMILES string of the molecule is Nc1nc(-c2ccccc2)c(N=Nc2cccc([N+](=O)[O-])c2)s1. The highest BCUT2D eigenvalue weighted by molar-refractivity contribution is 7.19. The zero-order valence-electron chi connectivity index (χ0n) is 11.8. The Morgan fingerprint density at radius 3 is 2.61 bits per heavy atom. The third-order valence-electron chi connectivity index (χ3n) is 2.97. The van der Waals surface area contributed by atoms with Crippen molar-refractivity contribution in [2.45, 2.75) is 0 Å². The van der Waals surface area contributed by atoms with Crippen LogP contribution in [0.4, 0.5) is 21.5 Å². The van der Waals surface area contributed by atoms with E-state index >= 15 is 0 Å². The lowest BCUT2D eigenvalue weighted by Crippen LogP contribution is -1.85. The molecule has 1 heterocycles. The Morgan fingerprint density at radius 1 is 1.09 bits per heavy atom. The monoisotopic (exact) mass is 325 g/mol. The van der Waals surface area contributed by atoms with Gasteiger partial charge >= 0.3 is 0 Å². The number of thiazole rings is 1. The maximum Gasteiger partial charge on any atom is 0.271 e. The average molecular weight is 325 g/mol. The number of nitrogen functional groups attached to an aromatic ring is 1. The van der Waals surface area contributed by atoms with E-state index in [2.05, 4.69) is 15.2 Å². The topological polar surface area (TPSA) is 107 Å². The van der Waals surface area contributed by atoms with Crippen molar-refractivity contribution >= 4 is 32.8 Å². The molecule has 0 aliphatic carbocycles. The molecule has 0 radical (unpaired) electrons. The number of nitrogens with two attached hydrogens (primary N) is 1. The van der Waals surface area contributed by atoms with Crippen LogP contribution in [0.5, 0.6) is 0 Å². The van der Waals surface area contributed by atoms with Gasteiger partial charge in [-0.1, -0.05) is 47.7 Å². The Kier molecular flexibility index (Phi) is 4.07. The van der Waals surface area contributed by atoms with Crippen LogP contribution in [-0.4, -0.2) is 9.91 Å². The lowest BCUT2D eigenvalue weighted by Gasteiger charge is -1.97. The number of nitrogens with zero attached hydrogens (tertiary/aromatic N) is 4. The molecule has 0 aliphatic rings. The van der Waals surface area contributed by atoms with E-state index in [-0.39, 0.29) is 5.69 Å². The summed E-state index contributed by atoms with van der Waals surface area (Å²) in [4.78, 5) is 14.6. The van der Waals surface area contributed by atoms with E-state index in [0.29, 0.717) is 21.5 Å². The van der Waals surface area contributed by atoms with Gasteiger partial charge in [0.2, 0.25) is 0 Å². The third kappa shape index (κ3) is 3.38.